The van der Waals surface area contributed by atoms with Gasteiger partial charge >= 0.3 is 0 Å². The maximum atomic E-state index is 13.4. The normalized spacial score (nSPS) is 10.3. The van der Waals surface area contributed by atoms with E-state index in [0.717, 1.165) is 11.1 Å². The Balaban J connectivity index is 2.44. The number of hydrogen-bond donors (Lipinski definition) is 0. The molecule has 0 aromatic heterocycles. The van der Waals surface area contributed by atoms with E-state index in [1.807, 2.05) is 6.92 Å². The molecule has 0 heterocycles. The number of halogens is 1. The first kappa shape index (κ1) is 13.3. The first-order valence-corrected chi connectivity index (χ1v) is 5.98. The van der Waals surface area contributed by atoms with Gasteiger partial charge in [-0.05, 0) is 61.4 Å². The second kappa shape index (κ2) is 5.22. The van der Waals surface area contributed by atoms with Crippen molar-refractivity contribution >= 4 is 5.78 Å². The van der Waals surface area contributed by atoms with Gasteiger partial charge in [0, 0.05) is 11.1 Å². The third-order valence-corrected chi connectivity index (χ3v) is 2.98. The van der Waals surface area contributed by atoms with Gasteiger partial charge < -0.3 is 4.74 Å². The van der Waals surface area contributed by atoms with E-state index in [0.29, 0.717) is 16.9 Å². The average molecular weight is 258 g/mol. The molecule has 2 nitrogen and oxygen atoms in total. The van der Waals surface area contributed by atoms with E-state index in [1.165, 1.54) is 12.1 Å². The average Bonchev–Trinajstić information content (AvgIpc) is 2.36. The smallest absolute Gasteiger partial charge is 0.193 e. The molecule has 2 aromatic rings. The number of carbonyl (C=O) groups is 1. The molecule has 0 aliphatic carbocycles. The topological polar surface area (TPSA) is 26.3 Å². The van der Waals surface area contributed by atoms with Crippen molar-refractivity contribution in [3.05, 3.63) is 64.5 Å². The van der Waals surface area contributed by atoms with Gasteiger partial charge in [-0.25, -0.2) is 4.39 Å². The standard InChI is InChI=1S/C16H15FO2/c1-10-6-12(9-13(17)7-10)16(18)15-5-4-14(19-3)8-11(15)2/h4-9H,1-3H3. The van der Waals surface area contributed by atoms with Crippen molar-refractivity contribution in [1.82, 2.24) is 0 Å². The van der Waals surface area contributed by atoms with Crippen LogP contribution in [0.25, 0.3) is 0 Å². The van der Waals surface area contributed by atoms with E-state index < -0.39 is 5.82 Å². The van der Waals surface area contributed by atoms with Crippen LogP contribution in [0.2, 0.25) is 0 Å². The third-order valence-electron chi connectivity index (χ3n) is 2.98. The minimum absolute atomic E-state index is 0.178. The fourth-order valence-corrected chi connectivity index (χ4v) is 2.04. The van der Waals surface area contributed by atoms with Crippen molar-refractivity contribution in [1.29, 1.82) is 0 Å². The van der Waals surface area contributed by atoms with E-state index in [1.54, 1.807) is 38.3 Å². The highest BCUT2D eigenvalue weighted by Gasteiger charge is 2.13. The molecule has 98 valence electrons. The fraction of sp³-hybridized carbons (Fsp3) is 0.188. The zero-order valence-electron chi connectivity index (χ0n) is 11.2. The maximum Gasteiger partial charge on any atom is 0.193 e. The molecule has 0 saturated carbocycles. The Kier molecular flexibility index (Phi) is 3.65. The lowest BCUT2D eigenvalue weighted by Gasteiger charge is -2.08. The van der Waals surface area contributed by atoms with Gasteiger partial charge in [0.15, 0.2) is 5.78 Å². The Bertz CT molecular complexity index is 612. The minimum atomic E-state index is -0.394. The van der Waals surface area contributed by atoms with Crippen LogP contribution in [0, 0.1) is 19.7 Å². The van der Waals surface area contributed by atoms with Crippen molar-refractivity contribution in [2.45, 2.75) is 13.8 Å². The highest BCUT2D eigenvalue weighted by molar-refractivity contribution is 6.10. The van der Waals surface area contributed by atoms with Crippen LogP contribution in [0.1, 0.15) is 27.0 Å². The minimum Gasteiger partial charge on any atom is -0.497 e. The number of ether oxygens (including phenoxy) is 1. The Morgan fingerprint density at radius 3 is 2.42 bits per heavy atom. The highest BCUT2D eigenvalue weighted by atomic mass is 19.1. The van der Waals surface area contributed by atoms with E-state index in [4.69, 9.17) is 4.74 Å². The molecule has 0 unspecified atom stereocenters. The molecule has 0 aliphatic heterocycles. The van der Waals surface area contributed by atoms with Crippen molar-refractivity contribution < 1.29 is 13.9 Å². The van der Waals surface area contributed by atoms with Gasteiger partial charge in [0.1, 0.15) is 11.6 Å². The molecule has 0 saturated heterocycles. The summed E-state index contributed by atoms with van der Waals surface area (Å²) in [5, 5.41) is 0. The van der Waals surface area contributed by atoms with E-state index >= 15 is 0 Å². The molecular formula is C16H15FO2. The summed E-state index contributed by atoms with van der Waals surface area (Å²) >= 11 is 0. The van der Waals surface area contributed by atoms with E-state index in [-0.39, 0.29) is 5.78 Å². The molecular weight excluding hydrogens is 243 g/mol. The summed E-state index contributed by atoms with van der Waals surface area (Å²) in [5.41, 5.74) is 2.47. The molecule has 0 atom stereocenters. The molecule has 0 fully saturated rings. The maximum absolute atomic E-state index is 13.4. The molecule has 2 rings (SSSR count). The number of methoxy groups -OCH3 is 1. The second-order valence-electron chi connectivity index (χ2n) is 4.53. The van der Waals surface area contributed by atoms with E-state index in [9.17, 15) is 9.18 Å². The van der Waals surface area contributed by atoms with Crippen LogP contribution >= 0.6 is 0 Å². The number of aryl methyl sites for hydroxylation is 2. The van der Waals surface area contributed by atoms with Crippen molar-refractivity contribution in [3.63, 3.8) is 0 Å². The predicted octanol–water partition coefficient (Wildman–Crippen LogP) is 3.68. The molecule has 0 amide bonds. The Morgan fingerprint density at radius 2 is 1.84 bits per heavy atom. The predicted molar refractivity (Wildman–Crippen MR) is 72.3 cm³/mol. The SMILES string of the molecule is COc1ccc(C(=O)c2cc(C)cc(F)c2)c(C)c1. The van der Waals surface area contributed by atoms with Crippen LogP contribution in [-0.4, -0.2) is 12.9 Å². The number of benzene rings is 2. The number of rotatable bonds is 3. The summed E-state index contributed by atoms with van der Waals surface area (Å²) in [6, 6.07) is 9.58. The molecule has 0 aliphatic rings. The van der Waals surface area contributed by atoms with Crippen LogP contribution in [0.15, 0.2) is 36.4 Å². The molecule has 3 heteroatoms. The zero-order valence-corrected chi connectivity index (χ0v) is 11.2. The van der Waals surface area contributed by atoms with E-state index in [2.05, 4.69) is 0 Å². The van der Waals surface area contributed by atoms with Gasteiger partial charge in [0.2, 0.25) is 0 Å². The number of hydrogen-bond acceptors (Lipinski definition) is 2. The van der Waals surface area contributed by atoms with Gasteiger partial charge in [-0.1, -0.05) is 0 Å². The van der Waals surface area contributed by atoms with Gasteiger partial charge in [-0.2, -0.15) is 0 Å². The number of ketones is 1. The lowest BCUT2D eigenvalue weighted by atomic mass is 9.98. The fourth-order valence-electron chi connectivity index (χ4n) is 2.04. The Labute approximate surface area is 111 Å². The summed E-state index contributed by atoms with van der Waals surface area (Å²) in [7, 11) is 1.58. The van der Waals surface area contributed by atoms with Crippen LogP contribution in [0.5, 0.6) is 5.75 Å². The van der Waals surface area contributed by atoms with Crippen LogP contribution in [0.4, 0.5) is 4.39 Å². The first-order valence-electron chi connectivity index (χ1n) is 5.98. The molecule has 0 N–H and O–H groups in total. The lowest BCUT2D eigenvalue weighted by molar-refractivity contribution is 0.103. The van der Waals surface area contributed by atoms with Crippen LogP contribution in [-0.2, 0) is 0 Å². The van der Waals surface area contributed by atoms with Crippen LogP contribution < -0.4 is 4.74 Å². The lowest BCUT2D eigenvalue weighted by Crippen LogP contribution is -2.05. The highest BCUT2D eigenvalue weighted by Crippen LogP contribution is 2.20. The van der Waals surface area contributed by atoms with Gasteiger partial charge in [0.25, 0.3) is 0 Å². The first-order chi connectivity index (χ1) is 9.01. The molecule has 0 radical (unpaired) electrons. The molecule has 19 heavy (non-hydrogen) atoms. The Morgan fingerprint density at radius 1 is 1.11 bits per heavy atom. The monoisotopic (exact) mass is 258 g/mol. The van der Waals surface area contributed by atoms with Crippen molar-refractivity contribution in [3.8, 4) is 5.75 Å². The largest absolute Gasteiger partial charge is 0.497 e. The van der Waals surface area contributed by atoms with Crippen molar-refractivity contribution in [2.75, 3.05) is 7.11 Å². The quantitative estimate of drug-likeness (QED) is 0.785. The molecule has 0 bridgehead atoms. The summed E-state index contributed by atoms with van der Waals surface area (Å²) < 4.78 is 18.5. The summed E-state index contributed by atoms with van der Waals surface area (Å²) in [6.45, 7) is 3.60. The van der Waals surface area contributed by atoms with Gasteiger partial charge in [0.05, 0.1) is 7.11 Å². The molecule has 2 aromatic carbocycles. The zero-order chi connectivity index (χ0) is 14.0. The van der Waals surface area contributed by atoms with Crippen LogP contribution in [0.3, 0.4) is 0 Å². The summed E-state index contributed by atoms with van der Waals surface area (Å²) in [5.74, 6) is 0.127. The second-order valence-corrected chi connectivity index (χ2v) is 4.53. The van der Waals surface area contributed by atoms with Gasteiger partial charge in [-0.3, -0.25) is 4.79 Å². The number of carbonyl (C=O) groups excluding carboxylic acids is 1. The van der Waals surface area contributed by atoms with Gasteiger partial charge in [-0.15, -0.1) is 0 Å². The summed E-state index contributed by atoms with van der Waals surface area (Å²) in [4.78, 5) is 12.4. The third kappa shape index (κ3) is 2.81. The molecule has 0 spiro atoms. The Hall–Kier alpha value is -2.16. The van der Waals surface area contributed by atoms with Crippen molar-refractivity contribution in [2.24, 2.45) is 0 Å². The summed E-state index contributed by atoms with van der Waals surface area (Å²) in [6.07, 6.45) is 0.